The van der Waals surface area contributed by atoms with Crippen LogP contribution in [0, 0.1) is 42.9 Å². The van der Waals surface area contributed by atoms with Crippen molar-refractivity contribution < 1.29 is 32.7 Å². The van der Waals surface area contributed by atoms with E-state index in [-0.39, 0.29) is 56.0 Å². The SMILES string of the molecule is C.C.C[CH-]C(CCCCC1CCC1)C1CCC1.[B].[CH2-]C(C)C1CCC1.[Y]. The largest absolute Gasteiger partial charge is 0.340 e. The van der Waals surface area contributed by atoms with Crippen molar-refractivity contribution in [3.8, 4) is 0 Å². The van der Waals surface area contributed by atoms with Crippen LogP contribution in [0.1, 0.15) is 112 Å². The Labute approximate surface area is 195 Å². The first-order valence-electron chi connectivity index (χ1n) is 10.3. The van der Waals surface area contributed by atoms with Gasteiger partial charge in [-0.1, -0.05) is 117 Å². The summed E-state index contributed by atoms with van der Waals surface area (Å²) in [7, 11) is 0. The molecule has 0 N–H and O–H groups in total. The maximum Gasteiger partial charge on any atom is 0 e. The van der Waals surface area contributed by atoms with Gasteiger partial charge in [0.1, 0.15) is 0 Å². The van der Waals surface area contributed by atoms with Gasteiger partial charge in [0.2, 0.25) is 0 Å². The van der Waals surface area contributed by atoms with Crippen molar-refractivity contribution in [3.63, 3.8) is 0 Å². The van der Waals surface area contributed by atoms with Crippen molar-refractivity contribution >= 4 is 8.41 Å². The summed E-state index contributed by atoms with van der Waals surface area (Å²) in [6.07, 6.45) is 21.9. The predicted octanol–water partition coefficient (Wildman–Crippen LogP) is 8.13. The van der Waals surface area contributed by atoms with Gasteiger partial charge in [0.15, 0.2) is 0 Å². The molecule has 2 atom stereocenters. The van der Waals surface area contributed by atoms with E-state index in [1.54, 1.807) is 0 Å². The average molecular weight is 436 g/mol. The quantitative estimate of drug-likeness (QED) is 0.205. The number of hydrogen-bond donors (Lipinski definition) is 0. The van der Waals surface area contributed by atoms with Gasteiger partial charge in [-0.05, 0) is 5.92 Å². The molecule has 3 saturated carbocycles. The smallest absolute Gasteiger partial charge is 0 e. The second kappa shape index (κ2) is 18.2. The summed E-state index contributed by atoms with van der Waals surface area (Å²) in [6.45, 7) is 8.45. The van der Waals surface area contributed by atoms with Crippen molar-refractivity contribution in [2.24, 2.45) is 29.6 Å². The molecule has 0 amide bonds. The topological polar surface area (TPSA) is 0 Å². The summed E-state index contributed by atoms with van der Waals surface area (Å²) in [5, 5.41) is 0. The first-order valence-corrected chi connectivity index (χ1v) is 10.3. The van der Waals surface area contributed by atoms with Crippen LogP contribution in [0.5, 0.6) is 0 Å². The molecule has 3 aliphatic rings. The van der Waals surface area contributed by atoms with E-state index >= 15 is 0 Å². The van der Waals surface area contributed by atoms with Gasteiger partial charge >= 0.3 is 0 Å². The zero-order valence-electron chi connectivity index (χ0n) is 16.5. The number of hydrogen-bond acceptors (Lipinski definition) is 0. The van der Waals surface area contributed by atoms with Crippen LogP contribution in [0.3, 0.4) is 0 Å². The van der Waals surface area contributed by atoms with E-state index in [1.807, 2.05) is 0 Å². The zero-order chi connectivity index (χ0) is 15.8. The van der Waals surface area contributed by atoms with Crippen molar-refractivity contribution in [3.05, 3.63) is 13.3 Å². The fraction of sp³-hybridized carbons (Fsp3) is 0.917. The standard InChI is InChI=1S/C15H27.C7H13.2CH4.B.Y/c1-2-14(15-11-6-12-15)10-4-3-7-13-8-5-9-13;1-6(2)7-4-3-5-7;;;;/h2,13-15H,3-12H2,1H3;6-7H,1,3-5H2,2H3;2*1H4;;/q2*-1;;;;. The molecule has 0 aromatic heterocycles. The van der Waals surface area contributed by atoms with Crippen LogP contribution in [0.2, 0.25) is 0 Å². The van der Waals surface area contributed by atoms with E-state index in [1.165, 1.54) is 83.5 Å². The van der Waals surface area contributed by atoms with Crippen LogP contribution in [-0.2, 0) is 32.7 Å². The van der Waals surface area contributed by atoms with Gasteiger partial charge in [0, 0.05) is 41.1 Å². The molecule has 26 heavy (non-hydrogen) atoms. The average Bonchev–Trinajstić information content (AvgIpc) is 2.30. The summed E-state index contributed by atoms with van der Waals surface area (Å²) in [4.78, 5) is 0. The molecule has 4 radical (unpaired) electrons. The normalized spacial score (nSPS) is 21.3. The van der Waals surface area contributed by atoms with Crippen LogP contribution in [0.4, 0.5) is 0 Å². The van der Waals surface area contributed by atoms with Gasteiger partial charge in [-0.15, -0.1) is 0 Å². The van der Waals surface area contributed by atoms with Gasteiger partial charge in [0.25, 0.3) is 0 Å². The van der Waals surface area contributed by atoms with Crippen molar-refractivity contribution in [2.75, 3.05) is 0 Å². The van der Waals surface area contributed by atoms with Gasteiger partial charge in [-0.25, -0.2) is 0 Å². The van der Waals surface area contributed by atoms with E-state index in [0.29, 0.717) is 5.92 Å². The maximum absolute atomic E-state index is 3.96. The third-order valence-corrected chi connectivity index (χ3v) is 6.76. The zero-order valence-corrected chi connectivity index (χ0v) is 19.4. The molecule has 2 heteroatoms. The molecule has 2 unspecified atom stereocenters. The van der Waals surface area contributed by atoms with Gasteiger partial charge < -0.3 is 13.3 Å². The molecule has 152 valence electrons. The second-order valence-electron chi connectivity index (χ2n) is 8.44. The first kappa shape index (κ1) is 31.9. The molecular formula is C24H48BY-2. The van der Waals surface area contributed by atoms with E-state index < -0.39 is 0 Å². The van der Waals surface area contributed by atoms with Crippen LogP contribution in [0.25, 0.3) is 0 Å². The monoisotopic (exact) mass is 436 g/mol. The molecule has 3 fully saturated rings. The molecule has 0 spiro atoms. The van der Waals surface area contributed by atoms with E-state index in [2.05, 4.69) is 27.2 Å². The maximum atomic E-state index is 3.96. The van der Waals surface area contributed by atoms with Crippen LogP contribution in [0.15, 0.2) is 0 Å². The van der Waals surface area contributed by atoms with Gasteiger partial charge in [0.05, 0.1) is 0 Å². The Morgan fingerprint density at radius 3 is 1.65 bits per heavy atom. The molecule has 0 aliphatic heterocycles. The summed E-state index contributed by atoms with van der Waals surface area (Å²) in [5.74, 6) is 4.82. The third-order valence-electron chi connectivity index (χ3n) is 6.76. The van der Waals surface area contributed by atoms with Crippen LogP contribution >= 0.6 is 0 Å². The predicted molar refractivity (Wildman–Crippen MR) is 118 cm³/mol. The van der Waals surface area contributed by atoms with Crippen molar-refractivity contribution in [1.82, 2.24) is 0 Å². The van der Waals surface area contributed by atoms with Gasteiger partial charge in [-0.3, -0.25) is 0 Å². The van der Waals surface area contributed by atoms with Crippen LogP contribution in [-0.4, -0.2) is 8.41 Å². The summed E-state index contributed by atoms with van der Waals surface area (Å²) < 4.78 is 0. The summed E-state index contributed by atoms with van der Waals surface area (Å²) in [6, 6.07) is 0. The molecular weight excluding hydrogens is 388 g/mol. The number of unbranched alkanes of at least 4 members (excludes halogenated alkanes) is 1. The Hall–Kier alpha value is 1.17. The van der Waals surface area contributed by atoms with E-state index in [0.717, 1.165) is 23.7 Å². The Morgan fingerprint density at radius 1 is 0.885 bits per heavy atom. The van der Waals surface area contributed by atoms with E-state index in [4.69, 9.17) is 0 Å². The van der Waals surface area contributed by atoms with Gasteiger partial charge in [-0.2, -0.15) is 18.8 Å². The molecule has 3 rings (SSSR count). The molecule has 3 aliphatic carbocycles. The fourth-order valence-corrected chi connectivity index (χ4v) is 4.15. The third kappa shape index (κ3) is 11.2. The molecule has 0 aromatic carbocycles. The number of rotatable bonds is 8. The minimum Gasteiger partial charge on any atom is -0.340 e. The summed E-state index contributed by atoms with van der Waals surface area (Å²) in [5.41, 5.74) is 0. The Kier molecular flexibility index (Phi) is 22.3. The first-order chi connectivity index (χ1) is 10.7. The fourth-order valence-electron chi connectivity index (χ4n) is 4.15. The molecule has 0 aromatic rings. The summed E-state index contributed by atoms with van der Waals surface area (Å²) >= 11 is 0. The second-order valence-corrected chi connectivity index (χ2v) is 8.44. The Bertz CT molecular complexity index is 280. The van der Waals surface area contributed by atoms with Crippen molar-refractivity contribution in [2.45, 2.75) is 112 Å². The van der Waals surface area contributed by atoms with Crippen molar-refractivity contribution in [1.29, 1.82) is 0 Å². The molecule has 0 saturated heterocycles. The van der Waals surface area contributed by atoms with Crippen LogP contribution < -0.4 is 0 Å². The molecule has 0 nitrogen and oxygen atoms in total. The molecule has 0 heterocycles. The molecule has 0 bridgehead atoms. The minimum absolute atomic E-state index is 0. The minimum atomic E-state index is 0. The Morgan fingerprint density at radius 2 is 1.38 bits per heavy atom. The van der Waals surface area contributed by atoms with E-state index in [9.17, 15) is 0 Å². The Balaban J connectivity index is -0.000000419.